The van der Waals surface area contributed by atoms with Gasteiger partial charge in [0.15, 0.2) is 5.75 Å². The Balaban J connectivity index is 2.26. The first-order valence-electron chi connectivity index (χ1n) is 5.02. The van der Waals surface area contributed by atoms with Crippen LogP contribution in [0.25, 0.3) is 0 Å². The molecule has 0 spiro atoms. The number of hydrogen-bond acceptors (Lipinski definition) is 2. The molecule has 2 rings (SSSR count). The van der Waals surface area contributed by atoms with Gasteiger partial charge in [0.2, 0.25) is 6.41 Å². The Morgan fingerprint density at radius 3 is 2.71 bits per heavy atom. The number of rotatable bonds is 4. The molecule has 0 aliphatic rings. The lowest BCUT2D eigenvalue weighted by molar-refractivity contribution is -0.105. The number of ether oxygens (including phenoxy) is 1. The normalized spacial score (nSPS) is 9.71. The molecule has 17 heavy (non-hydrogen) atoms. The molecular weight excluding hydrogens is 221 g/mol. The van der Waals surface area contributed by atoms with Crippen molar-refractivity contribution in [3.63, 3.8) is 0 Å². The summed E-state index contributed by atoms with van der Waals surface area (Å²) in [5.74, 6) is 0.471. The zero-order valence-electron chi connectivity index (χ0n) is 8.89. The first-order chi connectivity index (χ1) is 8.29. The number of para-hydroxylation sites is 2. The SMILES string of the molecule is O=CNc1ccccc1Oc1cccc(F)c1. The van der Waals surface area contributed by atoms with E-state index < -0.39 is 0 Å². The number of nitrogens with one attached hydrogen (secondary N) is 1. The smallest absolute Gasteiger partial charge is 0.211 e. The molecule has 0 unspecified atom stereocenters. The summed E-state index contributed by atoms with van der Waals surface area (Å²) < 4.78 is 18.4. The van der Waals surface area contributed by atoms with E-state index in [4.69, 9.17) is 4.74 Å². The largest absolute Gasteiger partial charge is 0.455 e. The van der Waals surface area contributed by atoms with Crippen LogP contribution >= 0.6 is 0 Å². The minimum atomic E-state index is -0.372. The first-order valence-corrected chi connectivity index (χ1v) is 5.02. The van der Waals surface area contributed by atoms with Gasteiger partial charge in [-0.15, -0.1) is 0 Å². The van der Waals surface area contributed by atoms with Gasteiger partial charge >= 0.3 is 0 Å². The quantitative estimate of drug-likeness (QED) is 0.820. The molecule has 0 aliphatic heterocycles. The van der Waals surface area contributed by atoms with Crippen LogP contribution in [0, 0.1) is 5.82 Å². The third kappa shape index (κ3) is 2.81. The van der Waals surface area contributed by atoms with Crippen molar-refractivity contribution in [1.82, 2.24) is 0 Å². The van der Waals surface area contributed by atoms with Gasteiger partial charge in [-0.05, 0) is 24.3 Å². The summed E-state index contributed by atoms with van der Waals surface area (Å²) >= 11 is 0. The topological polar surface area (TPSA) is 38.3 Å². The third-order valence-corrected chi connectivity index (χ3v) is 2.13. The van der Waals surface area contributed by atoms with Crippen molar-refractivity contribution in [3.8, 4) is 11.5 Å². The van der Waals surface area contributed by atoms with Gasteiger partial charge in [-0.2, -0.15) is 0 Å². The average Bonchev–Trinajstić information content (AvgIpc) is 2.32. The van der Waals surface area contributed by atoms with E-state index in [2.05, 4.69) is 5.32 Å². The number of amides is 1. The lowest BCUT2D eigenvalue weighted by Crippen LogP contribution is -1.96. The summed E-state index contributed by atoms with van der Waals surface area (Å²) in [4.78, 5) is 10.4. The van der Waals surface area contributed by atoms with E-state index in [1.807, 2.05) is 0 Å². The molecule has 0 saturated heterocycles. The van der Waals surface area contributed by atoms with Gasteiger partial charge in [0.1, 0.15) is 11.6 Å². The van der Waals surface area contributed by atoms with Crippen LogP contribution in [0.15, 0.2) is 48.5 Å². The summed E-state index contributed by atoms with van der Waals surface area (Å²) in [6.45, 7) is 0. The lowest BCUT2D eigenvalue weighted by atomic mass is 10.3. The van der Waals surface area contributed by atoms with Crippen LogP contribution in [-0.4, -0.2) is 6.41 Å². The second-order valence-electron chi connectivity index (χ2n) is 3.32. The summed E-state index contributed by atoms with van der Waals surface area (Å²) in [7, 11) is 0. The molecule has 0 fully saturated rings. The Bertz CT molecular complexity index is 528. The van der Waals surface area contributed by atoms with Crippen LogP contribution in [0.4, 0.5) is 10.1 Å². The molecule has 86 valence electrons. The van der Waals surface area contributed by atoms with Gasteiger partial charge < -0.3 is 10.1 Å². The molecule has 3 nitrogen and oxygen atoms in total. The molecule has 0 radical (unpaired) electrons. The summed E-state index contributed by atoms with van der Waals surface area (Å²) in [6.07, 6.45) is 0.563. The summed E-state index contributed by atoms with van der Waals surface area (Å²) in [5.41, 5.74) is 0.534. The number of benzene rings is 2. The van der Waals surface area contributed by atoms with E-state index in [-0.39, 0.29) is 5.82 Å². The predicted molar refractivity (Wildman–Crippen MR) is 62.6 cm³/mol. The average molecular weight is 231 g/mol. The van der Waals surface area contributed by atoms with Crippen LogP contribution in [0.3, 0.4) is 0 Å². The summed E-state index contributed by atoms with van der Waals surface area (Å²) in [5, 5.41) is 2.51. The van der Waals surface area contributed by atoms with E-state index in [0.29, 0.717) is 23.6 Å². The molecule has 0 aliphatic carbocycles. The van der Waals surface area contributed by atoms with Crippen molar-refractivity contribution >= 4 is 12.1 Å². The van der Waals surface area contributed by atoms with E-state index in [9.17, 15) is 9.18 Å². The van der Waals surface area contributed by atoms with Crippen molar-refractivity contribution in [2.45, 2.75) is 0 Å². The number of halogens is 1. The van der Waals surface area contributed by atoms with Gasteiger partial charge in [-0.3, -0.25) is 4.79 Å². The minimum absolute atomic E-state index is 0.372. The maximum absolute atomic E-state index is 13.0. The van der Waals surface area contributed by atoms with E-state index >= 15 is 0 Å². The molecule has 0 atom stereocenters. The maximum atomic E-state index is 13.0. The minimum Gasteiger partial charge on any atom is -0.455 e. The molecule has 0 heterocycles. The highest BCUT2D eigenvalue weighted by atomic mass is 19.1. The van der Waals surface area contributed by atoms with E-state index in [0.717, 1.165) is 0 Å². The van der Waals surface area contributed by atoms with Crippen LogP contribution in [0.2, 0.25) is 0 Å². The highest BCUT2D eigenvalue weighted by Gasteiger charge is 2.03. The van der Waals surface area contributed by atoms with Gasteiger partial charge in [0.05, 0.1) is 5.69 Å². The van der Waals surface area contributed by atoms with Gasteiger partial charge in [-0.25, -0.2) is 4.39 Å². The zero-order chi connectivity index (χ0) is 12.1. The van der Waals surface area contributed by atoms with Crippen LogP contribution in [0.1, 0.15) is 0 Å². The van der Waals surface area contributed by atoms with Crippen molar-refractivity contribution in [3.05, 3.63) is 54.3 Å². The third-order valence-electron chi connectivity index (χ3n) is 2.13. The number of anilines is 1. The van der Waals surface area contributed by atoms with Crippen molar-refractivity contribution < 1.29 is 13.9 Å². The van der Waals surface area contributed by atoms with E-state index in [1.54, 1.807) is 36.4 Å². The molecular formula is C13H10FNO2. The Morgan fingerprint density at radius 1 is 1.12 bits per heavy atom. The number of carbonyl (C=O) groups excluding carboxylic acids is 1. The molecule has 0 aromatic heterocycles. The van der Waals surface area contributed by atoms with Gasteiger partial charge in [0, 0.05) is 6.07 Å². The zero-order valence-corrected chi connectivity index (χ0v) is 8.89. The number of hydrogen-bond donors (Lipinski definition) is 1. The van der Waals surface area contributed by atoms with Crippen LogP contribution in [0.5, 0.6) is 11.5 Å². The fourth-order valence-corrected chi connectivity index (χ4v) is 1.40. The van der Waals surface area contributed by atoms with Gasteiger partial charge in [0.25, 0.3) is 0 Å². The Morgan fingerprint density at radius 2 is 1.94 bits per heavy atom. The Labute approximate surface area is 97.8 Å². The van der Waals surface area contributed by atoms with Gasteiger partial charge in [-0.1, -0.05) is 18.2 Å². The highest BCUT2D eigenvalue weighted by Crippen LogP contribution is 2.28. The predicted octanol–water partition coefficient (Wildman–Crippen LogP) is 3.19. The fourth-order valence-electron chi connectivity index (χ4n) is 1.40. The fraction of sp³-hybridized carbons (Fsp3) is 0. The van der Waals surface area contributed by atoms with Crippen molar-refractivity contribution in [2.75, 3.05) is 5.32 Å². The Kier molecular flexibility index (Phi) is 3.35. The molecule has 4 heteroatoms. The summed E-state index contributed by atoms with van der Waals surface area (Å²) in [6, 6.07) is 12.7. The standard InChI is InChI=1S/C13H10FNO2/c14-10-4-3-5-11(8-10)17-13-7-2-1-6-12(13)15-9-16/h1-9H,(H,15,16). The molecule has 2 aromatic carbocycles. The second-order valence-corrected chi connectivity index (χ2v) is 3.32. The molecule has 1 amide bonds. The maximum Gasteiger partial charge on any atom is 0.211 e. The van der Waals surface area contributed by atoms with Crippen molar-refractivity contribution in [1.29, 1.82) is 0 Å². The molecule has 0 bridgehead atoms. The van der Waals surface area contributed by atoms with Crippen LogP contribution in [-0.2, 0) is 4.79 Å². The van der Waals surface area contributed by atoms with E-state index in [1.165, 1.54) is 12.1 Å². The molecule has 0 saturated carbocycles. The highest BCUT2D eigenvalue weighted by molar-refractivity contribution is 5.75. The number of carbonyl (C=O) groups is 1. The molecule has 1 N–H and O–H groups in total. The first kappa shape index (κ1) is 11.1. The lowest BCUT2D eigenvalue weighted by Gasteiger charge is -2.09. The second kappa shape index (κ2) is 5.12. The monoisotopic (exact) mass is 231 g/mol. The van der Waals surface area contributed by atoms with Crippen LogP contribution < -0.4 is 10.1 Å². The molecule has 2 aromatic rings. The van der Waals surface area contributed by atoms with Crippen molar-refractivity contribution in [2.24, 2.45) is 0 Å². The Hall–Kier alpha value is -2.36.